The molecule has 0 unspecified atom stereocenters. The van der Waals surface area contributed by atoms with Crippen LogP contribution in [-0.2, 0) is 0 Å². The summed E-state index contributed by atoms with van der Waals surface area (Å²) in [5, 5.41) is 7.26. The molecule has 1 aliphatic rings. The van der Waals surface area contributed by atoms with E-state index >= 15 is 0 Å². The zero-order chi connectivity index (χ0) is 24.2. The molecule has 0 spiro atoms. The molecule has 3 aromatic heterocycles. The summed E-state index contributed by atoms with van der Waals surface area (Å²) in [5.41, 5.74) is 4.37. The molecule has 3 heterocycles. The molecule has 0 aromatic carbocycles. The van der Waals surface area contributed by atoms with Gasteiger partial charge in [0, 0.05) is 30.9 Å². The van der Waals surface area contributed by atoms with Gasteiger partial charge in [0.05, 0.1) is 29.3 Å². The number of halogens is 2. The van der Waals surface area contributed by atoms with Crippen LogP contribution in [0.1, 0.15) is 71.4 Å². The van der Waals surface area contributed by atoms with Crippen LogP contribution < -0.4 is 5.32 Å². The summed E-state index contributed by atoms with van der Waals surface area (Å²) in [4.78, 5) is 17.6. The highest BCUT2D eigenvalue weighted by molar-refractivity contribution is 5.82. The summed E-state index contributed by atoms with van der Waals surface area (Å²) in [5.74, 6) is 1.22. The topological polar surface area (TPSA) is 80.4 Å². The van der Waals surface area contributed by atoms with Gasteiger partial charge in [0.2, 0.25) is 12.4 Å². The minimum atomic E-state index is -2.12. The smallest absolute Gasteiger partial charge is 0.240 e. The van der Waals surface area contributed by atoms with E-state index in [0.29, 0.717) is 11.8 Å². The van der Waals surface area contributed by atoms with Gasteiger partial charge in [0.1, 0.15) is 0 Å². The molecular formula is C24H35F2N7. The Bertz CT molecular complexity index is 1010. The third-order valence-corrected chi connectivity index (χ3v) is 4.98. The highest BCUT2D eigenvalue weighted by Gasteiger charge is 2.11. The van der Waals surface area contributed by atoms with Gasteiger partial charge in [-0.2, -0.15) is 0 Å². The van der Waals surface area contributed by atoms with Crippen molar-refractivity contribution < 1.29 is 8.78 Å². The number of nitrogens with one attached hydrogen (secondary N) is 1. The molecule has 180 valence electrons. The van der Waals surface area contributed by atoms with Crippen LogP contribution in [-0.4, -0.2) is 43.8 Å². The molecule has 4 rings (SSSR count). The van der Waals surface area contributed by atoms with E-state index in [4.69, 9.17) is 0 Å². The summed E-state index contributed by atoms with van der Waals surface area (Å²) in [6.07, 6.45) is 12.2. The Hall–Kier alpha value is -2.97. The van der Waals surface area contributed by atoms with Crippen molar-refractivity contribution in [2.45, 2.75) is 79.1 Å². The highest BCUT2D eigenvalue weighted by atomic mass is 19.3. The van der Waals surface area contributed by atoms with Gasteiger partial charge in [-0.25, -0.2) is 33.2 Å². The van der Waals surface area contributed by atoms with Gasteiger partial charge < -0.3 is 5.32 Å². The first-order valence-electron chi connectivity index (χ1n) is 11.5. The van der Waals surface area contributed by atoms with E-state index in [9.17, 15) is 8.78 Å². The molecule has 1 fully saturated rings. The lowest BCUT2D eigenvalue weighted by Crippen LogP contribution is -2.00. The number of hydrogen-bond donors (Lipinski definition) is 1. The second-order valence-electron chi connectivity index (χ2n) is 8.03. The fourth-order valence-corrected chi connectivity index (χ4v) is 3.22. The second-order valence-corrected chi connectivity index (χ2v) is 8.03. The van der Waals surface area contributed by atoms with Crippen molar-refractivity contribution in [2.24, 2.45) is 4.99 Å². The van der Waals surface area contributed by atoms with Gasteiger partial charge in [-0.3, -0.25) is 0 Å². The molecular weight excluding hydrogens is 424 g/mol. The summed E-state index contributed by atoms with van der Waals surface area (Å²) >= 11 is 0. The number of aryl methyl sites for hydroxylation is 1. The van der Waals surface area contributed by atoms with Gasteiger partial charge in [-0.1, -0.05) is 45.4 Å². The van der Waals surface area contributed by atoms with Crippen LogP contribution >= 0.6 is 0 Å². The largest absolute Gasteiger partial charge is 0.356 e. The van der Waals surface area contributed by atoms with Crippen molar-refractivity contribution in [1.82, 2.24) is 24.6 Å². The van der Waals surface area contributed by atoms with E-state index < -0.39 is 6.43 Å². The number of aliphatic imine (C=N–C) groups is 1. The van der Waals surface area contributed by atoms with Crippen molar-refractivity contribution >= 4 is 23.0 Å². The van der Waals surface area contributed by atoms with Crippen LogP contribution in [0.25, 0.3) is 16.8 Å². The number of alkyl halides is 2. The molecule has 0 radical (unpaired) electrons. The first-order valence-corrected chi connectivity index (χ1v) is 11.5. The van der Waals surface area contributed by atoms with E-state index in [-0.39, 0.29) is 6.42 Å². The normalized spacial score (nSPS) is 13.0. The summed E-state index contributed by atoms with van der Waals surface area (Å²) < 4.78 is 23.3. The van der Waals surface area contributed by atoms with E-state index in [1.165, 1.54) is 45.4 Å². The Labute approximate surface area is 194 Å². The SMILES string of the molecule is C1CCCCC1.CCC(F)F.CNc1ncc2c(-c3cnc(N=C(C)C)c(C)n3)ccn2n1. The maximum atomic E-state index is 10.8. The number of fused-ring (bicyclic) bond motifs is 1. The van der Waals surface area contributed by atoms with Gasteiger partial charge in [0.25, 0.3) is 0 Å². The van der Waals surface area contributed by atoms with Crippen LogP contribution in [0, 0.1) is 6.92 Å². The van der Waals surface area contributed by atoms with Crippen LogP contribution in [0.15, 0.2) is 29.6 Å². The Morgan fingerprint density at radius 1 is 1.09 bits per heavy atom. The van der Waals surface area contributed by atoms with Crippen LogP contribution in [0.4, 0.5) is 20.5 Å². The van der Waals surface area contributed by atoms with Crippen molar-refractivity contribution in [1.29, 1.82) is 0 Å². The minimum absolute atomic E-state index is 0.0278. The first-order chi connectivity index (χ1) is 15.8. The van der Waals surface area contributed by atoms with E-state index in [1.807, 2.05) is 33.0 Å². The molecule has 0 bridgehead atoms. The fraction of sp³-hybridized carbons (Fsp3) is 0.542. The maximum absolute atomic E-state index is 10.8. The van der Waals surface area contributed by atoms with Gasteiger partial charge in [-0.05, 0) is 26.8 Å². The third-order valence-electron chi connectivity index (χ3n) is 4.98. The molecule has 1 N–H and O–H groups in total. The Kier molecular flexibility index (Phi) is 10.8. The predicted octanol–water partition coefficient (Wildman–Crippen LogP) is 6.65. The van der Waals surface area contributed by atoms with E-state index in [2.05, 4.69) is 30.4 Å². The lowest BCUT2D eigenvalue weighted by molar-refractivity contribution is 0.144. The van der Waals surface area contributed by atoms with Gasteiger partial charge >= 0.3 is 0 Å². The molecule has 0 aliphatic heterocycles. The Balaban J connectivity index is 0.000000289. The quantitative estimate of drug-likeness (QED) is 0.442. The monoisotopic (exact) mass is 459 g/mol. The standard InChI is InChI=1S/C15H17N7.C6H12.C3H6F2/c1-9(2)19-14-10(3)20-12(7-17-14)11-5-6-22-13(11)8-18-15(16-4)21-22;1-2-4-6-5-3-1;1-2-3(4)5/h5-8H,1-4H3,(H,16,21);1-6H2;3H,2H2,1H3. The zero-order valence-corrected chi connectivity index (χ0v) is 20.3. The Morgan fingerprint density at radius 2 is 1.70 bits per heavy atom. The molecule has 3 aromatic rings. The molecule has 33 heavy (non-hydrogen) atoms. The lowest BCUT2D eigenvalue weighted by Gasteiger charge is -2.05. The number of rotatable bonds is 4. The molecule has 7 nitrogen and oxygen atoms in total. The van der Waals surface area contributed by atoms with E-state index in [0.717, 1.165) is 28.2 Å². The highest BCUT2D eigenvalue weighted by Crippen LogP contribution is 2.25. The summed E-state index contributed by atoms with van der Waals surface area (Å²) in [6, 6.07) is 1.96. The van der Waals surface area contributed by atoms with Gasteiger partial charge in [0.15, 0.2) is 5.82 Å². The van der Waals surface area contributed by atoms with Crippen LogP contribution in [0.5, 0.6) is 0 Å². The van der Waals surface area contributed by atoms with Crippen molar-refractivity contribution in [2.75, 3.05) is 12.4 Å². The molecule has 9 heteroatoms. The van der Waals surface area contributed by atoms with Crippen molar-refractivity contribution in [3.63, 3.8) is 0 Å². The molecule has 0 saturated heterocycles. The second kappa shape index (κ2) is 13.5. The van der Waals surface area contributed by atoms with Crippen LogP contribution in [0.2, 0.25) is 0 Å². The maximum Gasteiger partial charge on any atom is 0.240 e. The first kappa shape index (κ1) is 26.3. The minimum Gasteiger partial charge on any atom is -0.356 e. The zero-order valence-electron chi connectivity index (χ0n) is 20.3. The van der Waals surface area contributed by atoms with Crippen LogP contribution in [0.3, 0.4) is 0 Å². The van der Waals surface area contributed by atoms with Crippen molar-refractivity contribution in [3.8, 4) is 11.3 Å². The number of hydrogen-bond acceptors (Lipinski definition) is 6. The predicted molar refractivity (Wildman–Crippen MR) is 131 cm³/mol. The number of aromatic nitrogens is 5. The molecule has 1 saturated carbocycles. The number of anilines is 1. The lowest BCUT2D eigenvalue weighted by atomic mass is 10.0. The fourth-order valence-electron chi connectivity index (χ4n) is 3.22. The average Bonchev–Trinajstić information content (AvgIpc) is 3.25. The molecule has 0 atom stereocenters. The van der Waals surface area contributed by atoms with E-state index in [1.54, 1.807) is 24.0 Å². The van der Waals surface area contributed by atoms with Crippen molar-refractivity contribution in [3.05, 3.63) is 30.4 Å². The number of nitrogens with zero attached hydrogens (tertiary/aromatic N) is 6. The van der Waals surface area contributed by atoms with Gasteiger partial charge in [-0.15, -0.1) is 5.10 Å². The third kappa shape index (κ3) is 8.47. The molecule has 1 aliphatic carbocycles. The summed E-state index contributed by atoms with van der Waals surface area (Å²) in [6.45, 7) is 7.23. The molecule has 0 amide bonds. The average molecular weight is 460 g/mol. The summed E-state index contributed by atoms with van der Waals surface area (Å²) in [7, 11) is 1.79. The Morgan fingerprint density at radius 3 is 2.18 bits per heavy atom.